The SMILES string of the molecule is C=CCn1c(Cc2ccc(OC)cc2)nnc1SCC(=O)Nc1nc(C)cs1. The van der Waals surface area contributed by atoms with Crippen molar-refractivity contribution in [1.82, 2.24) is 19.7 Å². The minimum atomic E-state index is -0.121. The zero-order valence-electron chi connectivity index (χ0n) is 15.7. The third-order valence-electron chi connectivity index (χ3n) is 3.82. The van der Waals surface area contributed by atoms with Gasteiger partial charge in [-0.3, -0.25) is 4.79 Å². The molecule has 1 amide bonds. The molecule has 0 atom stereocenters. The van der Waals surface area contributed by atoms with Gasteiger partial charge >= 0.3 is 0 Å². The zero-order valence-corrected chi connectivity index (χ0v) is 17.3. The lowest BCUT2D eigenvalue weighted by atomic mass is 10.1. The molecule has 0 saturated carbocycles. The third-order valence-corrected chi connectivity index (χ3v) is 5.67. The maximum atomic E-state index is 12.2. The Hall–Kier alpha value is -2.65. The van der Waals surface area contributed by atoms with E-state index < -0.39 is 0 Å². The number of ether oxygens (including phenoxy) is 1. The Morgan fingerprint density at radius 1 is 1.36 bits per heavy atom. The topological polar surface area (TPSA) is 81.9 Å². The molecule has 0 bridgehead atoms. The molecule has 7 nitrogen and oxygen atoms in total. The molecule has 28 heavy (non-hydrogen) atoms. The van der Waals surface area contributed by atoms with Crippen molar-refractivity contribution in [2.45, 2.75) is 25.0 Å². The minimum Gasteiger partial charge on any atom is -0.497 e. The van der Waals surface area contributed by atoms with Gasteiger partial charge in [-0.15, -0.1) is 28.1 Å². The molecule has 146 valence electrons. The molecule has 3 rings (SSSR count). The number of carbonyl (C=O) groups is 1. The summed E-state index contributed by atoms with van der Waals surface area (Å²) in [6.07, 6.45) is 2.43. The number of nitrogens with zero attached hydrogens (tertiary/aromatic N) is 4. The van der Waals surface area contributed by atoms with Gasteiger partial charge in [0, 0.05) is 18.3 Å². The Morgan fingerprint density at radius 2 is 2.14 bits per heavy atom. The van der Waals surface area contributed by atoms with E-state index in [-0.39, 0.29) is 11.7 Å². The number of hydrogen-bond donors (Lipinski definition) is 1. The summed E-state index contributed by atoms with van der Waals surface area (Å²) >= 11 is 2.76. The van der Waals surface area contributed by atoms with Crippen LogP contribution < -0.4 is 10.1 Å². The maximum Gasteiger partial charge on any atom is 0.236 e. The second kappa shape index (κ2) is 9.52. The number of allylic oxidation sites excluding steroid dienone is 1. The highest BCUT2D eigenvalue weighted by molar-refractivity contribution is 7.99. The van der Waals surface area contributed by atoms with Crippen LogP contribution in [0.4, 0.5) is 5.13 Å². The van der Waals surface area contributed by atoms with E-state index in [1.54, 1.807) is 13.2 Å². The molecule has 0 aliphatic carbocycles. The van der Waals surface area contributed by atoms with E-state index in [0.717, 1.165) is 22.8 Å². The van der Waals surface area contributed by atoms with Crippen LogP contribution >= 0.6 is 23.1 Å². The van der Waals surface area contributed by atoms with Crippen LogP contribution in [0.25, 0.3) is 0 Å². The summed E-state index contributed by atoms with van der Waals surface area (Å²) in [6.45, 7) is 6.28. The lowest BCUT2D eigenvalue weighted by molar-refractivity contribution is -0.113. The largest absolute Gasteiger partial charge is 0.497 e. The molecule has 0 radical (unpaired) electrons. The van der Waals surface area contributed by atoms with E-state index in [2.05, 4.69) is 27.1 Å². The number of carbonyl (C=O) groups excluding carboxylic acids is 1. The van der Waals surface area contributed by atoms with Gasteiger partial charge in [-0.25, -0.2) is 4.98 Å². The number of thioether (sulfide) groups is 1. The average molecular weight is 416 g/mol. The highest BCUT2D eigenvalue weighted by atomic mass is 32.2. The zero-order chi connectivity index (χ0) is 19.9. The second-order valence-corrected chi connectivity index (χ2v) is 7.75. The van der Waals surface area contributed by atoms with Gasteiger partial charge in [0.15, 0.2) is 10.3 Å². The summed E-state index contributed by atoms with van der Waals surface area (Å²) in [6, 6.07) is 7.85. The lowest BCUT2D eigenvalue weighted by Crippen LogP contribution is -2.14. The van der Waals surface area contributed by atoms with Gasteiger partial charge in [0.2, 0.25) is 5.91 Å². The summed E-state index contributed by atoms with van der Waals surface area (Å²) in [7, 11) is 1.64. The van der Waals surface area contributed by atoms with E-state index in [4.69, 9.17) is 4.74 Å². The molecule has 0 saturated heterocycles. The molecule has 0 aliphatic heterocycles. The maximum absolute atomic E-state index is 12.2. The first kappa shape index (κ1) is 20.1. The fraction of sp³-hybridized carbons (Fsp3) is 0.263. The van der Waals surface area contributed by atoms with E-state index in [0.29, 0.717) is 23.3 Å². The van der Waals surface area contributed by atoms with Crippen LogP contribution in [0.5, 0.6) is 5.75 Å². The predicted octanol–water partition coefficient (Wildman–Crippen LogP) is 3.56. The molecule has 1 aromatic carbocycles. The number of nitrogens with one attached hydrogen (secondary N) is 1. The number of benzene rings is 1. The van der Waals surface area contributed by atoms with Crippen molar-refractivity contribution < 1.29 is 9.53 Å². The van der Waals surface area contributed by atoms with Crippen molar-refractivity contribution in [1.29, 1.82) is 0 Å². The van der Waals surface area contributed by atoms with Gasteiger partial charge in [-0.1, -0.05) is 30.0 Å². The smallest absolute Gasteiger partial charge is 0.236 e. The Balaban J connectivity index is 1.65. The first-order valence-electron chi connectivity index (χ1n) is 8.59. The first-order chi connectivity index (χ1) is 13.6. The quantitative estimate of drug-likeness (QED) is 0.425. The molecule has 0 unspecified atom stereocenters. The number of hydrogen-bond acceptors (Lipinski definition) is 7. The van der Waals surface area contributed by atoms with Crippen molar-refractivity contribution in [3.05, 3.63) is 59.4 Å². The molecule has 2 aromatic heterocycles. The number of methoxy groups -OCH3 is 1. The molecule has 0 spiro atoms. The number of aryl methyl sites for hydroxylation is 1. The van der Waals surface area contributed by atoms with Gasteiger partial charge in [-0.05, 0) is 24.6 Å². The molecule has 0 aliphatic rings. The summed E-state index contributed by atoms with van der Waals surface area (Å²) in [5.41, 5.74) is 1.99. The third kappa shape index (κ3) is 5.20. The summed E-state index contributed by atoms with van der Waals surface area (Å²) in [5, 5.41) is 14.6. The molecule has 2 heterocycles. The average Bonchev–Trinajstić information content (AvgIpc) is 3.27. The predicted molar refractivity (Wildman–Crippen MR) is 112 cm³/mol. The second-order valence-electron chi connectivity index (χ2n) is 5.95. The summed E-state index contributed by atoms with van der Waals surface area (Å²) in [5.74, 6) is 1.75. The normalized spacial score (nSPS) is 10.6. The van der Waals surface area contributed by atoms with Crippen LogP contribution in [0.1, 0.15) is 17.1 Å². The van der Waals surface area contributed by atoms with Gasteiger partial charge < -0.3 is 14.6 Å². The number of rotatable bonds is 9. The monoisotopic (exact) mass is 415 g/mol. The van der Waals surface area contributed by atoms with E-state index >= 15 is 0 Å². The van der Waals surface area contributed by atoms with Gasteiger partial charge in [-0.2, -0.15) is 0 Å². The molecule has 1 N–H and O–H groups in total. The Morgan fingerprint density at radius 3 is 2.79 bits per heavy atom. The minimum absolute atomic E-state index is 0.121. The van der Waals surface area contributed by atoms with Crippen LogP contribution in [-0.2, 0) is 17.8 Å². The standard InChI is InChI=1S/C19H21N5O2S2/c1-4-9-24-16(10-14-5-7-15(26-3)8-6-14)22-23-19(24)28-12-17(25)21-18-20-13(2)11-27-18/h4-8,11H,1,9-10,12H2,2-3H3,(H,20,21,25). The number of thiazole rings is 1. The van der Waals surface area contributed by atoms with Crippen molar-refractivity contribution in [3.63, 3.8) is 0 Å². The summed E-state index contributed by atoms with van der Waals surface area (Å²) in [4.78, 5) is 16.4. The van der Waals surface area contributed by atoms with Crippen LogP contribution in [0.3, 0.4) is 0 Å². The lowest BCUT2D eigenvalue weighted by Gasteiger charge is -2.08. The number of aromatic nitrogens is 4. The molecular weight excluding hydrogens is 394 g/mol. The molecule has 0 fully saturated rings. The van der Waals surface area contributed by atoms with E-state index in [1.807, 2.05) is 41.1 Å². The number of amides is 1. The fourth-order valence-corrected chi connectivity index (χ4v) is 3.96. The van der Waals surface area contributed by atoms with Gasteiger partial charge in [0.05, 0.1) is 18.6 Å². The fourth-order valence-electron chi connectivity index (χ4n) is 2.49. The van der Waals surface area contributed by atoms with Crippen LogP contribution in [-0.4, -0.2) is 38.5 Å². The van der Waals surface area contributed by atoms with Gasteiger partial charge in [0.1, 0.15) is 11.6 Å². The highest BCUT2D eigenvalue weighted by Gasteiger charge is 2.14. The summed E-state index contributed by atoms with van der Waals surface area (Å²) < 4.78 is 7.17. The van der Waals surface area contributed by atoms with Crippen LogP contribution in [0, 0.1) is 6.92 Å². The molecular formula is C19H21N5O2S2. The Kier molecular flexibility index (Phi) is 6.83. The van der Waals surface area contributed by atoms with Crippen LogP contribution in [0.2, 0.25) is 0 Å². The first-order valence-corrected chi connectivity index (χ1v) is 10.5. The van der Waals surface area contributed by atoms with E-state index in [1.165, 1.54) is 23.1 Å². The Labute approximate surface area is 171 Å². The number of anilines is 1. The van der Waals surface area contributed by atoms with Crippen molar-refractivity contribution >= 4 is 34.1 Å². The molecule has 3 aromatic rings. The molecule has 9 heteroatoms. The van der Waals surface area contributed by atoms with E-state index in [9.17, 15) is 4.79 Å². The van der Waals surface area contributed by atoms with Gasteiger partial charge in [0.25, 0.3) is 0 Å². The van der Waals surface area contributed by atoms with Crippen molar-refractivity contribution in [2.75, 3.05) is 18.2 Å². The van der Waals surface area contributed by atoms with Crippen molar-refractivity contribution in [2.24, 2.45) is 0 Å². The van der Waals surface area contributed by atoms with Crippen LogP contribution in [0.15, 0.2) is 47.5 Å². The Bertz CT molecular complexity index is 950. The van der Waals surface area contributed by atoms with Crippen molar-refractivity contribution in [3.8, 4) is 5.75 Å². The highest BCUT2D eigenvalue weighted by Crippen LogP contribution is 2.21.